The van der Waals surface area contributed by atoms with Crippen LogP contribution in [0.2, 0.25) is 17.8 Å². The molecule has 6 heteroatoms. The van der Waals surface area contributed by atoms with Gasteiger partial charge in [0.05, 0.1) is 0 Å². The highest BCUT2D eigenvalue weighted by Crippen LogP contribution is 2.40. The third kappa shape index (κ3) is 6.43. The summed E-state index contributed by atoms with van der Waals surface area (Å²) in [5, 5.41) is -2.48. The Morgan fingerprint density at radius 1 is 0.818 bits per heavy atom. The SMILES string of the molecule is CC[Si](Br)(Br)C[Si](Br)(Br)CC. The van der Waals surface area contributed by atoms with Gasteiger partial charge < -0.3 is 0 Å². The molecular formula is C5H12Br4Si2. The van der Waals surface area contributed by atoms with Gasteiger partial charge in [-0.2, -0.15) is 0 Å². The van der Waals surface area contributed by atoms with Crippen LogP contribution >= 0.6 is 61.2 Å². The van der Waals surface area contributed by atoms with Gasteiger partial charge in [-0.15, -0.1) is 61.2 Å². The minimum absolute atomic E-state index is 1.24. The molecule has 0 N–H and O–H groups in total. The van der Waals surface area contributed by atoms with Crippen LogP contribution in [0, 0.1) is 0 Å². The number of hydrogen-bond donors (Lipinski definition) is 0. The molecule has 0 aliphatic carbocycles. The Balaban J connectivity index is 4.02. The second kappa shape index (κ2) is 5.29. The Bertz CT molecular complexity index is 112. The average molecular weight is 448 g/mol. The van der Waals surface area contributed by atoms with Crippen molar-refractivity contribution in [3.63, 3.8) is 0 Å². The smallest absolute Gasteiger partial charge is 0.111 e. The van der Waals surface area contributed by atoms with E-state index in [2.05, 4.69) is 75.0 Å². The van der Waals surface area contributed by atoms with Crippen LogP contribution in [0.3, 0.4) is 0 Å². The van der Waals surface area contributed by atoms with Crippen molar-refractivity contribution in [1.82, 2.24) is 0 Å². The summed E-state index contributed by atoms with van der Waals surface area (Å²) in [5.41, 5.74) is 1.28. The van der Waals surface area contributed by atoms with Gasteiger partial charge >= 0.3 is 0 Å². The van der Waals surface area contributed by atoms with Crippen molar-refractivity contribution in [1.29, 1.82) is 0 Å². The maximum absolute atomic E-state index is 3.79. The monoisotopic (exact) mass is 444 g/mol. The summed E-state index contributed by atoms with van der Waals surface area (Å²) in [5.74, 6) is 0. The molecule has 0 nitrogen and oxygen atoms in total. The molecule has 0 unspecified atom stereocenters. The summed E-state index contributed by atoms with van der Waals surface area (Å²) < 4.78 is 0. The second-order valence-corrected chi connectivity index (χ2v) is 33.4. The van der Waals surface area contributed by atoms with Gasteiger partial charge in [0.15, 0.2) is 10.6 Å². The molecule has 0 fully saturated rings. The highest BCUT2D eigenvalue weighted by atomic mass is 79.9. The van der Waals surface area contributed by atoms with Crippen molar-refractivity contribution in [3.05, 3.63) is 0 Å². The minimum atomic E-state index is -1.24. The van der Waals surface area contributed by atoms with E-state index in [9.17, 15) is 0 Å². The van der Waals surface area contributed by atoms with Crippen molar-refractivity contribution < 1.29 is 0 Å². The van der Waals surface area contributed by atoms with Crippen LogP contribution in [0.1, 0.15) is 13.8 Å². The maximum Gasteiger partial charge on any atom is 0.199 e. The van der Waals surface area contributed by atoms with Crippen molar-refractivity contribution in [2.75, 3.05) is 0 Å². The van der Waals surface area contributed by atoms with E-state index in [0.29, 0.717) is 0 Å². The van der Waals surface area contributed by atoms with E-state index in [1.165, 1.54) is 17.8 Å². The molecule has 0 saturated carbocycles. The fourth-order valence-corrected chi connectivity index (χ4v) is 36.4. The van der Waals surface area contributed by atoms with E-state index in [1.807, 2.05) is 0 Å². The molecule has 0 rings (SSSR count). The zero-order valence-corrected chi connectivity index (χ0v) is 15.0. The van der Waals surface area contributed by atoms with E-state index < -0.39 is 10.6 Å². The molecule has 0 amide bonds. The molecule has 0 saturated heterocycles. The summed E-state index contributed by atoms with van der Waals surface area (Å²) in [6.45, 7) is 4.46. The average Bonchev–Trinajstić information content (AvgIpc) is 1.86. The Hall–Kier alpha value is 2.35. The van der Waals surface area contributed by atoms with Gasteiger partial charge in [-0.1, -0.05) is 13.8 Å². The molecule has 0 heterocycles. The van der Waals surface area contributed by atoms with Crippen molar-refractivity contribution in [2.24, 2.45) is 0 Å². The molecule has 0 atom stereocenters. The topological polar surface area (TPSA) is 0 Å². The third-order valence-corrected chi connectivity index (χ3v) is 24.6. The zero-order valence-electron chi connectivity index (χ0n) is 6.63. The lowest BCUT2D eigenvalue weighted by atomic mass is 11.0. The molecular weight excluding hydrogens is 436 g/mol. The molecule has 0 bridgehead atoms. The zero-order chi connectivity index (χ0) is 9.12. The normalized spacial score (nSPS) is 13.6. The summed E-state index contributed by atoms with van der Waals surface area (Å²) in [6.07, 6.45) is 0. The highest BCUT2D eigenvalue weighted by molar-refractivity contribution is 9.53. The molecule has 68 valence electrons. The molecule has 0 aliphatic heterocycles. The number of hydrogen-bond acceptors (Lipinski definition) is 0. The van der Waals surface area contributed by atoms with Crippen LogP contribution in [0.15, 0.2) is 0 Å². The second-order valence-electron chi connectivity index (χ2n) is 2.60. The minimum Gasteiger partial charge on any atom is -0.111 e. The van der Waals surface area contributed by atoms with Crippen LogP contribution in [0.5, 0.6) is 0 Å². The first-order chi connectivity index (χ1) is 4.83. The van der Waals surface area contributed by atoms with E-state index >= 15 is 0 Å². The highest BCUT2D eigenvalue weighted by Gasteiger charge is 2.36. The van der Waals surface area contributed by atoms with Crippen LogP contribution in [-0.2, 0) is 0 Å². The van der Waals surface area contributed by atoms with Crippen LogP contribution in [0.4, 0.5) is 0 Å². The van der Waals surface area contributed by atoms with Crippen molar-refractivity contribution in [2.45, 2.75) is 31.6 Å². The Morgan fingerprint density at radius 3 is 1.27 bits per heavy atom. The lowest BCUT2D eigenvalue weighted by Gasteiger charge is -2.23. The first kappa shape index (κ1) is 13.4. The molecule has 0 spiro atoms. The van der Waals surface area contributed by atoms with Crippen LogP contribution in [-0.4, -0.2) is 10.6 Å². The van der Waals surface area contributed by atoms with Crippen LogP contribution < -0.4 is 0 Å². The summed E-state index contributed by atoms with van der Waals surface area (Å²) in [4.78, 5) is 0. The van der Waals surface area contributed by atoms with Gasteiger partial charge in [0.25, 0.3) is 0 Å². The van der Waals surface area contributed by atoms with E-state index in [1.54, 1.807) is 0 Å². The van der Waals surface area contributed by atoms with Gasteiger partial charge in [-0.05, 0) is 17.8 Å². The summed E-state index contributed by atoms with van der Waals surface area (Å²) >= 11 is 15.2. The quantitative estimate of drug-likeness (QED) is 0.419. The Morgan fingerprint density at radius 2 is 1.09 bits per heavy atom. The third-order valence-electron chi connectivity index (χ3n) is 1.55. The van der Waals surface area contributed by atoms with Gasteiger partial charge in [0.2, 0.25) is 0 Å². The van der Waals surface area contributed by atoms with E-state index in [-0.39, 0.29) is 0 Å². The standard InChI is InChI=1S/C5H12Br4Si2/c1-3-10(6,7)5-11(8,9)4-2/h3-5H2,1-2H3. The predicted octanol–water partition coefficient (Wildman–Crippen LogP) is 5.03. The Kier molecular flexibility index (Phi) is 6.42. The molecule has 0 aromatic heterocycles. The fraction of sp³-hybridized carbons (Fsp3) is 1.00. The lowest BCUT2D eigenvalue weighted by molar-refractivity contribution is 1.40. The van der Waals surface area contributed by atoms with Gasteiger partial charge in [-0.25, -0.2) is 0 Å². The van der Waals surface area contributed by atoms with Gasteiger partial charge in [0.1, 0.15) is 0 Å². The molecule has 0 aliphatic rings. The molecule has 0 aromatic carbocycles. The van der Waals surface area contributed by atoms with Crippen molar-refractivity contribution in [3.8, 4) is 0 Å². The van der Waals surface area contributed by atoms with E-state index in [0.717, 1.165) is 0 Å². The number of halogens is 4. The summed E-state index contributed by atoms with van der Waals surface area (Å²) in [7, 11) is 0. The van der Waals surface area contributed by atoms with Crippen molar-refractivity contribution >= 4 is 71.8 Å². The largest absolute Gasteiger partial charge is 0.199 e. The first-order valence-corrected chi connectivity index (χ1v) is 17.4. The molecule has 0 radical (unpaired) electrons. The molecule has 0 aromatic rings. The summed E-state index contributed by atoms with van der Waals surface area (Å²) in [6, 6.07) is 2.47. The number of rotatable bonds is 4. The Labute approximate surface area is 102 Å². The maximum atomic E-state index is 3.79. The lowest BCUT2D eigenvalue weighted by Crippen LogP contribution is -2.29. The van der Waals surface area contributed by atoms with Gasteiger partial charge in [-0.3, -0.25) is 0 Å². The van der Waals surface area contributed by atoms with Gasteiger partial charge in [0, 0.05) is 0 Å². The fourth-order valence-electron chi connectivity index (χ4n) is 0.628. The predicted molar refractivity (Wildman–Crippen MR) is 73.0 cm³/mol. The first-order valence-electron chi connectivity index (χ1n) is 3.58. The van der Waals surface area contributed by atoms with E-state index in [4.69, 9.17) is 0 Å². The molecule has 11 heavy (non-hydrogen) atoms. The van der Waals surface area contributed by atoms with Crippen LogP contribution in [0.25, 0.3) is 0 Å².